The highest BCUT2D eigenvalue weighted by Crippen LogP contribution is 2.38. The van der Waals surface area contributed by atoms with Crippen molar-refractivity contribution in [1.29, 1.82) is 0 Å². The number of amides is 2. The van der Waals surface area contributed by atoms with Gasteiger partial charge in [-0.15, -0.1) is 11.3 Å². The quantitative estimate of drug-likeness (QED) is 0.741. The van der Waals surface area contributed by atoms with E-state index in [1.165, 1.54) is 17.4 Å². The van der Waals surface area contributed by atoms with Crippen LogP contribution in [0.2, 0.25) is 5.02 Å². The summed E-state index contributed by atoms with van der Waals surface area (Å²) in [5, 5.41) is 2.76. The summed E-state index contributed by atoms with van der Waals surface area (Å²) >= 11 is 7.80. The lowest BCUT2D eigenvalue weighted by atomic mass is 9.93. The van der Waals surface area contributed by atoms with Crippen molar-refractivity contribution in [2.75, 3.05) is 19.6 Å². The highest BCUT2D eigenvalue weighted by atomic mass is 35.5. The maximum atomic E-state index is 13.2. The number of hydrogen-bond acceptors (Lipinski definition) is 3. The van der Waals surface area contributed by atoms with Crippen LogP contribution < -0.4 is 0 Å². The fourth-order valence-electron chi connectivity index (χ4n) is 3.59. The molecule has 6 heteroatoms. The second kappa shape index (κ2) is 8.44. The van der Waals surface area contributed by atoms with Crippen LogP contribution in [0, 0.1) is 5.92 Å². The summed E-state index contributed by atoms with van der Waals surface area (Å²) < 4.78 is 0. The molecule has 0 saturated carbocycles. The lowest BCUT2D eigenvalue weighted by Gasteiger charge is -2.37. The lowest BCUT2D eigenvalue weighted by molar-refractivity contribution is -0.141. The number of hydrogen-bond donors (Lipinski definition) is 0. The van der Waals surface area contributed by atoms with Crippen molar-refractivity contribution in [3.8, 4) is 0 Å². The number of carbonyl (C=O) groups excluding carboxylic acids is 2. The monoisotopic (exact) mass is 404 g/mol. The Balaban J connectivity index is 1.89. The molecule has 2 aromatic rings. The van der Waals surface area contributed by atoms with E-state index in [4.69, 9.17) is 11.6 Å². The van der Waals surface area contributed by atoms with Crippen LogP contribution in [0.5, 0.6) is 0 Å². The van der Waals surface area contributed by atoms with Gasteiger partial charge in [0.15, 0.2) is 0 Å². The lowest BCUT2D eigenvalue weighted by Crippen LogP contribution is -2.47. The van der Waals surface area contributed by atoms with Gasteiger partial charge in [0.2, 0.25) is 11.8 Å². The van der Waals surface area contributed by atoms with Gasteiger partial charge < -0.3 is 9.80 Å². The molecular weight excluding hydrogens is 380 g/mol. The van der Waals surface area contributed by atoms with E-state index < -0.39 is 0 Å². The zero-order chi connectivity index (χ0) is 19.6. The number of carbonyl (C=O) groups is 2. The molecule has 0 fully saturated rings. The van der Waals surface area contributed by atoms with Gasteiger partial charge in [-0.2, -0.15) is 0 Å². The molecule has 0 radical (unpaired) electrons. The maximum absolute atomic E-state index is 13.2. The van der Waals surface area contributed by atoms with E-state index in [-0.39, 0.29) is 24.4 Å². The number of fused-ring (bicyclic) bond motifs is 1. The minimum Gasteiger partial charge on any atom is -0.333 e. The average Bonchev–Trinajstić information content (AvgIpc) is 3.09. The summed E-state index contributed by atoms with van der Waals surface area (Å²) in [6.07, 6.45) is 0.854. The van der Waals surface area contributed by atoms with Gasteiger partial charge in [-0.05, 0) is 47.0 Å². The number of thiophene rings is 1. The fourth-order valence-corrected chi connectivity index (χ4v) is 4.62. The van der Waals surface area contributed by atoms with Gasteiger partial charge in [0, 0.05) is 29.9 Å². The molecule has 1 aliphatic heterocycles. The van der Waals surface area contributed by atoms with Gasteiger partial charge in [-0.3, -0.25) is 9.59 Å². The molecule has 0 aliphatic carbocycles. The van der Waals surface area contributed by atoms with E-state index in [1.807, 2.05) is 29.2 Å². The Bertz CT molecular complexity index is 816. The highest BCUT2D eigenvalue weighted by molar-refractivity contribution is 7.10. The Morgan fingerprint density at radius 2 is 1.96 bits per heavy atom. The Morgan fingerprint density at radius 3 is 2.59 bits per heavy atom. The first-order chi connectivity index (χ1) is 12.9. The summed E-state index contributed by atoms with van der Waals surface area (Å²) in [7, 11) is 0. The molecule has 2 heterocycles. The van der Waals surface area contributed by atoms with Crippen molar-refractivity contribution in [2.24, 2.45) is 5.92 Å². The normalized spacial score (nSPS) is 16.3. The number of nitrogens with zero attached hydrogens (tertiary/aromatic N) is 2. The average molecular weight is 405 g/mol. The first kappa shape index (κ1) is 19.9. The van der Waals surface area contributed by atoms with E-state index in [1.54, 1.807) is 16.2 Å². The molecule has 1 unspecified atom stereocenters. The minimum absolute atomic E-state index is 0.0114. The first-order valence-corrected chi connectivity index (χ1v) is 10.5. The Morgan fingerprint density at radius 1 is 1.26 bits per heavy atom. The van der Waals surface area contributed by atoms with Crippen LogP contribution in [0.1, 0.15) is 42.8 Å². The molecule has 0 saturated heterocycles. The molecule has 27 heavy (non-hydrogen) atoms. The Hall–Kier alpha value is -1.85. The van der Waals surface area contributed by atoms with Crippen molar-refractivity contribution in [2.45, 2.75) is 33.2 Å². The maximum Gasteiger partial charge on any atom is 0.242 e. The zero-order valence-corrected chi connectivity index (χ0v) is 17.5. The molecule has 0 bridgehead atoms. The zero-order valence-electron chi connectivity index (χ0n) is 15.9. The first-order valence-electron chi connectivity index (χ1n) is 9.23. The molecule has 1 aliphatic rings. The smallest absolute Gasteiger partial charge is 0.242 e. The summed E-state index contributed by atoms with van der Waals surface area (Å²) in [5.74, 6) is 0.245. The number of halogens is 1. The van der Waals surface area contributed by atoms with Crippen LogP contribution in [0.4, 0.5) is 0 Å². The molecule has 0 N–H and O–H groups in total. The van der Waals surface area contributed by atoms with Crippen molar-refractivity contribution in [1.82, 2.24) is 9.80 Å². The van der Waals surface area contributed by atoms with Crippen molar-refractivity contribution < 1.29 is 9.59 Å². The van der Waals surface area contributed by atoms with Crippen LogP contribution in [-0.4, -0.2) is 41.2 Å². The van der Waals surface area contributed by atoms with Crippen LogP contribution in [-0.2, 0) is 16.0 Å². The predicted octanol–water partition coefficient (Wildman–Crippen LogP) is 4.38. The summed E-state index contributed by atoms with van der Waals surface area (Å²) in [5.41, 5.74) is 2.23. The third-order valence-electron chi connectivity index (χ3n) is 4.83. The second-order valence-corrected chi connectivity index (χ2v) is 8.82. The molecule has 1 aromatic heterocycles. The van der Waals surface area contributed by atoms with Crippen LogP contribution in [0.3, 0.4) is 0 Å². The molecule has 3 rings (SSSR count). The third-order valence-corrected chi connectivity index (χ3v) is 6.08. The van der Waals surface area contributed by atoms with E-state index in [9.17, 15) is 9.59 Å². The largest absolute Gasteiger partial charge is 0.333 e. The molecule has 4 nitrogen and oxygen atoms in total. The summed E-state index contributed by atoms with van der Waals surface area (Å²) in [6, 6.07) is 9.67. The summed E-state index contributed by atoms with van der Waals surface area (Å²) in [6.45, 7) is 7.00. The van der Waals surface area contributed by atoms with Crippen LogP contribution in [0.15, 0.2) is 35.7 Å². The minimum atomic E-state index is -0.127. The highest BCUT2D eigenvalue weighted by Gasteiger charge is 2.33. The fraction of sp³-hybridized carbons (Fsp3) is 0.429. The van der Waals surface area contributed by atoms with E-state index in [0.29, 0.717) is 24.0 Å². The SMILES string of the molecule is CC(=O)N(CC(=O)N1CCc2sccc2C1c1ccc(Cl)cc1)CC(C)C. The van der Waals surface area contributed by atoms with E-state index >= 15 is 0 Å². The Kier molecular flexibility index (Phi) is 6.22. The van der Waals surface area contributed by atoms with Gasteiger partial charge in [-0.25, -0.2) is 0 Å². The van der Waals surface area contributed by atoms with Crippen LogP contribution in [0.25, 0.3) is 0 Å². The predicted molar refractivity (Wildman–Crippen MR) is 110 cm³/mol. The van der Waals surface area contributed by atoms with E-state index in [2.05, 4.69) is 25.3 Å². The third kappa shape index (κ3) is 4.53. The van der Waals surface area contributed by atoms with Gasteiger partial charge in [0.1, 0.15) is 0 Å². The number of benzene rings is 1. The van der Waals surface area contributed by atoms with Crippen molar-refractivity contribution in [3.63, 3.8) is 0 Å². The molecule has 1 aromatic carbocycles. The van der Waals surface area contributed by atoms with Crippen molar-refractivity contribution >= 4 is 34.8 Å². The van der Waals surface area contributed by atoms with Gasteiger partial charge >= 0.3 is 0 Å². The Labute approximate surface area is 169 Å². The van der Waals surface area contributed by atoms with Crippen molar-refractivity contribution in [3.05, 3.63) is 56.7 Å². The standard InChI is InChI=1S/C21H25ClN2O2S/c1-14(2)12-23(15(3)25)13-20(26)24-10-8-19-18(9-11-27-19)21(24)16-4-6-17(22)7-5-16/h4-7,9,11,14,21H,8,10,12-13H2,1-3H3. The second-order valence-electron chi connectivity index (χ2n) is 7.38. The van der Waals surface area contributed by atoms with Gasteiger partial charge in [-0.1, -0.05) is 37.6 Å². The number of rotatable bonds is 5. The molecule has 2 amide bonds. The van der Waals surface area contributed by atoms with E-state index in [0.717, 1.165) is 12.0 Å². The van der Waals surface area contributed by atoms with Gasteiger partial charge in [0.05, 0.1) is 12.6 Å². The molecule has 144 valence electrons. The molecular formula is C21H25ClN2O2S. The van der Waals surface area contributed by atoms with Crippen LogP contribution >= 0.6 is 22.9 Å². The summed E-state index contributed by atoms with van der Waals surface area (Å²) in [4.78, 5) is 30.1. The topological polar surface area (TPSA) is 40.6 Å². The molecule has 0 spiro atoms. The van der Waals surface area contributed by atoms with Gasteiger partial charge in [0.25, 0.3) is 0 Å². The molecule has 1 atom stereocenters.